The van der Waals surface area contributed by atoms with Crippen molar-refractivity contribution in [2.45, 2.75) is 19.8 Å². The molecular weight excluding hydrogens is 342 g/mol. The van der Waals surface area contributed by atoms with Crippen molar-refractivity contribution in [3.8, 4) is 5.75 Å². The molecule has 0 bridgehead atoms. The summed E-state index contributed by atoms with van der Waals surface area (Å²) < 4.78 is 10.6. The number of nitrogens with one attached hydrogen (secondary N) is 1. The molecule has 0 unspecified atom stereocenters. The Balaban J connectivity index is 1.81. The van der Waals surface area contributed by atoms with E-state index in [0.717, 1.165) is 6.42 Å². The molecule has 1 N–H and O–H groups in total. The van der Waals surface area contributed by atoms with E-state index in [1.165, 1.54) is 0 Å². The molecule has 0 saturated carbocycles. The molecular formula is C19H20ClNO4. The van der Waals surface area contributed by atoms with E-state index >= 15 is 0 Å². The standard InChI is InChI=1S/C19H20ClNO4/c1-2-11-25-19(23)14-4-3-5-16(13-14)21-18(22)10-12-24-17-8-6-15(20)7-9-17/h3-9,13H,2,10-12H2,1H3,(H,21,22). The van der Waals surface area contributed by atoms with Crippen molar-refractivity contribution in [1.29, 1.82) is 0 Å². The number of benzene rings is 2. The van der Waals surface area contributed by atoms with Crippen LogP contribution >= 0.6 is 11.6 Å². The van der Waals surface area contributed by atoms with Crippen molar-refractivity contribution < 1.29 is 19.1 Å². The first-order valence-electron chi connectivity index (χ1n) is 8.04. The number of hydrogen-bond acceptors (Lipinski definition) is 4. The van der Waals surface area contributed by atoms with Gasteiger partial charge >= 0.3 is 5.97 Å². The highest BCUT2D eigenvalue weighted by Crippen LogP contribution is 2.16. The number of ether oxygens (including phenoxy) is 2. The smallest absolute Gasteiger partial charge is 0.338 e. The Morgan fingerprint density at radius 3 is 2.56 bits per heavy atom. The Morgan fingerprint density at radius 1 is 1.08 bits per heavy atom. The molecule has 0 aliphatic heterocycles. The first-order chi connectivity index (χ1) is 12.1. The molecule has 2 aromatic carbocycles. The van der Waals surface area contributed by atoms with Gasteiger partial charge in [-0.1, -0.05) is 24.6 Å². The molecule has 2 rings (SSSR count). The summed E-state index contributed by atoms with van der Waals surface area (Å²) in [7, 11) is 0. The molecule has 0 fully saturated rings. The third-order valence-corrected chi connectivity index (χ3v) is 3.48. The zero-order chi connectivity index (χ0) is 18.1. The fourth-order valence-corrected chi connectivity index (χ4v) is 2.14. The first kappa shape index (κ1) is 18.8. The topological polar surface area (TPSA) is 64.6 Å². The minimum Gasteiger partial charge on any atom is -0.493 e. The van der Waals surface area contributed by atoms with Crippen LogP contribution in [0, 0.1) is 0 Å². The Bertz CT molecular complexity index is 716. The van der Waals surface area contributed by atoms with Gasteiger partial charge in [0.25, 0.3) is 0 Å². The Kier molecular flexibility index (Phi) is 7.29. The number of anilines is 1. The lowest BCUT2D eigenvalue weighted by Gasteiger charge is -2.09. The summed E-state index contributed by atoms with van der Waals surface area (Å²) in [5.74, 6) is 0.0509. The van der Waals surface area contributed by atoms with Crippen molar-refractivity contribution in [3.05, 3.63) is 59.1 Å². The van der Waals surface area contributed by atoms with Gasteiger partial charge in [0.15, 0.2) is 0 Å². The summed E-state index contributed by atoms with van der Waals surface area (Å²) in [5, 5.41) is 3.37. The van der Waals surface area contributed by atoms with Crippen molar-refractivity contribution >= 4 is 29.2 Å². The molecule has 0 aliphatic carbocycles. The van der Waals surface area contributed by atoms with Crippen LogP contribution in [0.2, 0.25) is 5.02 Å². The van der Waals surface area contributed by atoms with Crippen LogP contribution in [0.5, 0.6) is 5.75 Å². The molecule has 0 spiro atoms. The largest absolute Gasteiger partial charge is 0.493 e. The van der Waals surface area contributed by atoms with Crippen molar-refractivity contribution in [2.75, 3.05) is 18.5 Å². The van der Waals surface area contributed by atoms with Crippen LogP contribution in [0.1, 0.15) is 30.1 Å². The van der Waals surface area contributed by atoms with E-state index in [2.05, 4.69) is 5.32 Å². The lowest BCUT2D eigenvalue weighted by molar-refractivity contribution is -0.116. The molecule has 2 aromatic rings. The molecule has 0 saturated heterocycles. The summed E-state index contributed by atoms with van der Waals surface area (Å²) in [4.78, 5) is 23.8. The van der Waals surface area contributed by atoms with Crippen LogP contribution in [-0.4, -0.2) is 25.1 Å². The minimum atomic E-state index is -0.399. The summed E-state index contributed by atoms with van der Waals surface area (Å²) in [6, 6.07) is 13.6. The van der Waals surface area contributed by atoms with Gasteiger partial charge in [-0.3, -0.25) is 4.79 Å². The van der Waals surface area contributed by atoms with Crippen LogP contribution < -0.4 is 10.1 Å². The maximum absolute atomic E-state index is 12.0. The van der Waals surface area contributed by atoms with Crippen LogP contribution in [0.25, 0.3) is 0 Å². The second-order valence-electron chi connectivity index (χ2n) is 5.32. The fraction of sp³-hybridized carbons (Fsp3) is 0.263. The second kappa shape index (κ2) is 9.69. The van der Waals surface area contributed by atoms with Gasteiger partial charge in [0.05, 0.1) is 25.2 Å². The van der Waals surface area contributed by atoms with Crippen LogP contribution in [0.15, 0.2) is 48.5 Å². The SMILES string of the molecule is CCCOC(=O)c1cccc(NC(=O)CCOc2ccc(Cl)cc2)c1. The molecule has 0 aliphatic rings. The fourth-order valence-electron chi connectivity index (χ4n) is 2.02. The minimum absolute atomic E-state index is 0.188. The van der Waals surface area contributed by atoms with E-state index < -0.39 is 5.97 Å². The molecule has 0 radical (unpaired) electrons. The Labute approximate surface area is 151 Å². The highest BCUT2D eigenvalue weighted by Gasteiger charge is 2.09. The van der Waals surface area contributed by atoms with Crippen molar-refractivity contribution in [3.63, 3.8) is 0 Å². The normalized spacial score (nSPS) is 10.2. The average Bonchev–Trinajstić information content (AvgIpc) is 2.61. The number of rotatable bonds is 8. The molecule has 0 atom stereocenters. The van der Waals surface area contributed by atoms with E-state index in [1.807, 2.05) is 6.92 Å². The summed E-state index contributed by atoms with van der Waals surface area (Å²) in [5.41, 5.74) is 0.950. The van der Waals surface area contributed by atoms with E-state index in [9.17, 15) is 9.59 Å². The first-order valence-corrected chi connectivity index (χ1v) is 8.41. The average molecular weight is 362 g/mol. The molecule has 25 heavy (non-hydrogen) atoms. The van der Waals surface area contributed by atoms with E-state index in [4.69, 9.17) is 21.1 Å². The van der Waals surface area contributed by atoms with Gasteiger partial charge in [0, 0.05) is 10.7 Å². The van der Waals surface area contributed by atoms with Gasteiger partial charge in [0.1, 0.15) is 5.75 Å². The van der Waals surface area contributed by atoms with Gasteiger partial charge in [-0.15, -0.1) is 0 Å². The van der Waals surface area contributed by atoms with Gasteiger partial charge in [-0.2, -0.15) is 0 Å². The molecule has 1 amide bonds. The zero-order valence-electron chi connectivity index (χ0n) is 14.0. The number of carbonyl (C=O) groups is 2. The van der Waals surface area contributed by atoms with Gasteiger partial charge in [-0.05, 0) is 48.9 Å². The summed E-state index contributed by atoms with van der Waals surface area (Å²) in [6.07, 6.45) is 0.947. The van der Waals surface area contributed by atoms with E-state index in [-0.39, 0.29) is 18.9 Å². The third-order valence-electron chi connectivity index (χ3n) is 3.23. The molecule has 5 nitrogen and oxygen atoms in total. The quantitative estimate of drug-likeness (QED) is 0.711. The Morgan fingerprint density at radius 2 is 1.84 bits per heavy atom. The third kappa shape index (κ3) is 6.47. The number of hydrogen-bond donors (Lipinski definition) is 1. The number of carbonyl (C=O) groups excluding carboxylic acids is 2. The molecule has 0 heterocycles. The summed E-state index contributed by atoms with van der Waals surface area (Å²) >= 11 is 5.80. The number of amides is 1. The molecule has 6 heteroatoms. The molecule has 0 aromatic heterocycles. The van der Waals surface area contributed by atoms with Crippen LogP contribution in [0.3, 0.4) is 0 Å². The lowest BCUT2D eigenvalue weighted by Crippen LogP contribution is -2.15. The van der Waals surface area contributed by atoms with Crippen LogP contribution in [0.4, 0.5) is 5.69 Å². The highest BCUT2D eigenvalue weighted by atomic mass is 35.5. The summed E-state index contributed by atoms with van der Waals surface area (Å²) in [6.45, 7) is 2.54. The monoisotopic (exact) mass is 361 g/mol. The van der Waals surface area contributed by atoms with Crippen molar-refractivity contribution in [1.82, 2.24) is 0 Å². The highest BCUT2D eigenvalue weighted by molar-refractivity contribution is 6.30. The van der Waals surface area contributed by atoms with Crippen molar-refractivity contribution in [2.24, 2.45) is 0 Å². The predicted octanol–water partition coefficient (Wildman–Crippen LogP) is 4.31. The predicted molar refractivity (Wildman–Crippen MR) is 97.2 cm³/mol. The second-order valence-corrected chi connectivity index (χ2v) is 5.75. The maximum Gasteiger partial charge on any atom is 0.338 e. The van der Waals surface area contributed by atoms with E-state index in [1.54, 1.807) is 48.5 Å². The van der Waals surface area contributed by atoms with E-state index in [0.29, 0.717) is 28.6 Å². The Hall–Kier alpha value is -2.53. The molecule has 132 valence electrons. The lowest BCUT2D eigenvalue weighted by atomic mass is 10.2. The van der Waals surface area contributed by atoms with Gasteiger partial charge < -0.3 is 14.8 Å². The van der Waals surface area contributed by atoms with Gasteiger partial charge in [-0.25, -0.2) is 4.79 Å². The maximum atomic E-state index is 12.0. The number of esters is 1. The van der Waals surface area contributed by atoms with Gasteiger partial charge in [0.2, 0.25) is 5.91 Å². The number of halogens is 1. The zero-order valence-corrected chi connectivity index (χ0v) is 14.7. The van der Waals surface area contributed by atoms with Crippen LogP contribution in [-0.2, 0) is 9.53 Å².